The third-order valence-electron chi connectivity index (χ3n) is 2.64. The van der Waals surface area contributed by atoms with E-state index < -0.39 is 0 Å². The molecule has 0 saturated carbocycles. The van der Waals surface area contributed by atoms with Gasteiger partial charge in [-0.3, -0.25) is 0 Å². The van der Waals surface area contributed by atoms with Crippen molar-refractivity contribution in [1.29, 1.82) is 0 Å². The Balaban J connectivity index is 2.33. The maximum atomic E-state index is 4.65. The van der Waals surface area contributed by atoms with Crippen LogP contribution in [0.2, 0.25) is 0 Å². The zero-order chi connectivity index (χ0) is 13.5. The predicted octanol–water partition coefficient (Wildman–Crippen LogP) is 3.83. The van der Waals surface area contributed by atoms with E-state index in [4.69, 9.17) is 0 Å². The van der Waals surface area contributed by atoms with Gasteiger partial charge in [0.2, 0.25) is 0 Å². The standard InChI is InChI=1S/C15H19N3S/c1-3-16-14-10-13(12-8-6-5-7-9-12)17-15(18-14)11-19-4-2/h5-10H,3-4,11H2,1-2H3,(H,16,17,18). The Morgan fingerprint density at radius 2 is 1.89 bits per heavy atom. The minimum absolute atomic E-state index is 0.857. The topological polar surface area (TPSA) is 37.8 Å². The molecule has 4 heteroatoms. The van der Waals surface area contributed by atoms with Crippen LogP contribution in [0.25, 0.3) is 11.3 Å². The highest BCUT2D eigenvalue weighted by Crippen LogP contribution is 2.21. The summed E-state index contributed by atoms with van der Waals surface area (Å²) in [4.78, 5) is 9.19. The number of rotatable bonds is 6. The van der Waals surface area contributed by atoms with Crippen LogP contribution in [0.1, 0.15) is 19.7 Å². The number of benzene rings is 1. The Bertz CT molecular complexity index is 514. The van der Waals surface area contributed by atoms with Gasteiger partial charge in [-0.25, -0.2) is 9.97 Å². The summed E-state index contributed by atoms with van der Waals surface area (Å²) in [5.74, 6) is 3.73. The molecule has 0 aliphatic heterocycles. The zero-order valence-electron chi connectivity index (χ0n) is 11.4. The minimum Gasteiger partial charge on any atom is -0.370 e. The molecule has 0 spiro atoms. The van der Waals surface area contributed by atoms with Crippen LogP contribution in [0.5, 0.6) is 0 Å². The van der Waals surface area contributed by atoms with Gasteiger partial charge in [-0.1, -0.05) is 37.3 Å². The number of hydrogen-bond donors (Lipinski definition) is 1. The van der Waals surface area contributed by atoms with E-state index in [9.17, 15) is 0 Å². The fraction of sp³-hybridized carbons (Fsp3) is 0.333. The van der Waals surface area contributed by atoms with Crippen molar-refractivity contribution < 1.29 is 0 Å². The van der Waals surface area contributed by atoms with Gasteiger partial charge in [-0.05, 0) is 12.7 Å². The Labute approximate surface area is 118 Å². The van der Waals surface area contributed by atoms with Gasteiger partial charge in [-0.15, -0.1) is 0 Å². The van der Waals surface area contributed by atoms with Crippen molar-refractivity contribution in [3.05, 3.63) is 42.2 Å². The van der Waals surface area contributed by atoms with E-state index in [1.807, 2.05) is 36.0 Å². The summed E-state index contributed by atoms with van der Waals surface area (Å²) in [7, 11) is 0. The van der Waals surface area contributed by atoms with Crippen molar-refractivity contribution in [3.8, 4) is 11.3 Å². The van der Waals surface area contributed by atoms with Crippen molar-refractivity contribution in [1.82, 2.24) is 9.97 Å². The Hall–Kier alpha value is -1.55. The van der Waals surface area contributed by atoms with Crippen molar-refractivity contribution in [2.75, 3.05) is 17.6 Å². The summed E-state index contributed by atoms with van der Waals surface area (Å²) in [6.45, 7) is 5.09. The van der Waals surface area contributed by atoms with Gasteiger partial charge >= 0.3 is 0 Å². The molecule has 0 fully saturated rings. The molecule has 0 saturated heterocycles. The van der Waals surface area contributed by atoms with E-state index in [2.05, 4.69) is 41.3 Å². The molecule has 1 heterocycles. The van der Waals surface area contributed by atoms with Crippen molar-refractivity contribution in [2.45, 2.75) is 19.6 Å². The molecule has 1 aromatic carbocycles. The number of anilines is 1. The van der Waals surface area contributed by atoms with Crippen LogP contribution < -0.4 is 5.32 Å². The molecular formula is C15H19N3S. The normalized spacial score (nSPS) is 10.4. The first-order chi connectivity index (χ1) is 9.33. The van der Waals surface area contributed by atoms with Gasteiger partial charge in [0, 0.05) is 18.2 Å². The largest absolute Gasteiger partial charge is 0.370 e. The summed E-state index contributed by atoms with van der Waals surface area (Å²) < 4.78 is 0. The van der Waals surface area contributed by atoms with Crippen LogP contribution >= 0.6 is 11.8 Å². The highest BCUT2D eigenvalue weighted by Gasteiger charge is 2.06. The Kier molecular flexibility index (Phi) is 5.21. The van der Waals surface area contributed by atoms with Gasteiger partial charge in [0.15, 0.2) is 0 Å². The number of hydrogen-bond acceptors (Lipinski definition) is 4. The first kappa shape index (κ1) is 13.9. The van der Waals surface area contributed by atoms with Gasteiger partial charge in [0.05, 0.1) is 11.4 Å². The maximum Gasteiger partial charge on any atom is 0.141 e. The van der Waals surface area contributed by atoms with Gasteiger partial charge in [-0.2, -0.15) is 11.8 Å². The summed E-state index contributed by atoms with van der Waals surface area (Å²) in [5, 5.41) is 3.27. The molecule has 3 nitrogen and oxygen atoms in total. The summed E-state index contributed by atoms with van der Waals surface area (Å²) in [6, 6.07) is 12.3. The molecule has 0 atom stereocenters. The van der Waals surface area contributed by atoms with Gasteiger partial charge in [0.25, 0.3) is 0 Å². The SMILES string of the molecule is CCNc1cc(-c2ccccc2)nc(CSCC)n1. The fourth-order valence-electron chi connectivity index (χ4n) is 1.78. The fourth-order valence-corrected chi connectivity index (χ4v) is 2.30. The van der Waals surface area contributed by atoms with E-state index in [1.165, 1.54) is 0 Å². The van der Waals surface area contributed by atoms with Crippen LogP contribution in [0.3, 0.4) is 0 Å². The lowest BCUT2D eigenvalue weighted by Crippen LogP contribution is -2.04. The number of thioether (sulfide) groups is 1. The van der Waals surface area contributed by atoms with Crippen LogP contribution in [-0.4, -0.2) is 22.3 Å². The highest BCUT2D eigenvalue weighted by molar-refractivity contribution is 7.98. The van der Waals surface area contributed by atoms with Crippen LogP contribution in [0.4, 0.5) is 5.82 Å². The molecule has 19 heavy (non-hydrogen) atoms. The lowest BCUT2D eigenvalue weighted by atomic mass is 10.1. The van der Waals surface area contributed by atoms with Gasteiger partial charge < -0.3 is 5.32 Å². The van der Waals surface area contributed by atoms with Crippen molar-refractivity contribution >= 4 is 17.6 Å². The second kappa shape index (κ2) is 7.14. The first-order valence-electron chi connectivity index (χ1n) is 6.58. The van der Waals surface area contributed by atoms with Crippen LogP contribution in [0.15, 0.2) is 36.4 Å². The second-order valence-electron chi connectivity index (χ2n) is 4.09. The molecule has 2 rings (SSSR count). The quantitative estimate of drug-likeness (QED) is 0.868. The Morgan fingerprint density at radius 3 is 2.58 bits per heavy atom. The minimum atomic E-state index is 0.857. The summed E-state index contributed by atoms with van der Waals surface area (Å²) in [6.07, 6.45) is 0. The highest BCUT2D eigenvalue weighted by atomic mass is 32.2. The first-order valence-corrected chi connectivity index (χ1v) is 7.74. The van der Waals surface area contributed by atoms with E-state index >= 15 is 0 Å². The molecule has 0 radical (unpaired) electrons. The zero-order valence-corrected chi connectivity index (χ0v) is 12.2. The Morgan fingerprint density at radius 1 is 1.11 bits per heavy atom. The molecule has 0 amide bonds. The second-order valence-corrected chi connectivity index (χ2v) is 5.36. The maximum absolute atomic E-state index is 4.65. The molecule has 0 aliphatic rings. The molecule has 1 N–H and O–H groups in total. The molecule has 0 unspecified atom stereocenters. The lowest BCUT2D eigenvalue weighted by molar-refractivity contribution is 1.02. The number of aromatic nitrogens is 2. The van der Waals surface area contributed by atoms with Gasteiger partial charge in [0.1, 0.15) is 11.6 Å². The van der Waals surface area contributed by atoms with E-state index in [-0.39, 0.29) is 0 Å². The molecule has 0 aliphatic carbocycles. The summed E-state index contributed by atoms with van der Waals surface area (Å²) >= 11 is 1.84. The third kappa shape index (κ3) is 3.96. The van der Waals surface area contributed by atoms with Crippen molar-refractivity contribution in [2.24, 2.45) is 0 Å². The third-order valence-corrected chi connectivity index (χ3v) is 3.51. The van der Waals surface area contributed by atoms with E-state index in [0.29, 0.717) is 0 Å². The van der Waals surface area contributed by atoms with Crippen LogP contribution in [0, 0.1) is 0 Å². The van der Waals surface area contributed by atoms with Crippen LogP contribution in [-0.2, 0) is 5.75 Å². The average molecular weight is 273 g/mol. The predicted molar refractivity (Wildman–Crippen MR) is 83.5 cm³/mol. The number of nitrogens with zero attached hydrogens (tertiary/aromatic N) is 2. The molecule has 2 aromatic rings. The van der Waals surface area contributed by atoms with E-state index in [1.54, 1.807) is 0 Å². The van der Waals surface area contributed by atoms with Crippen molar-refractivity contribution in [3.63, 3.8) is 0 Å². The summed E-state index contributed by atoms with van der Waals surface area (Å²) in [5.41, 5.74) is 2.12. The van der Waals surface area contributed by atoms with E-state index in [0.717, 1.165) is 41.0 Å². The molecule has 0 bridgehead atoms. The smallest absolute Gasteiger partial charge is 0.141 e. The molecular weight excluding hydrogens is 254 g/mol. The lowest BCUT2D eigenvalue weighted by Gasteiger charge is -2.08. The average Bonchev–Trinajstić information content (AvgIpc) is 2.46. The monoisotopic (exact) mass is 273 g/mol. The number of nitrogens with one attached hydrogen (secondary N) is 1. The molecule has 100 valence electrons. The molecule has 1 aromatic heterocycles.